The molecule has 1 saturated carbocycles. The number of amides is 1. The lowest BCUT2D eigenvalue weighted by atomic mass is 10.1. The Bertz CT molecular complexity index is 624. The third kappa shape index (κ3) is 3.79. The molecule has 0 aromatic heterocycles. The van der Waals surface area contributed by atoms with Crippen molar-refractivity contribution in [1.82, 2.24) is 9.80 Å². The Morgan fingerprint density at radius 1 is 1.12 bits per heavy atom. The molecule has 1 aromatic rings. The predicted octanol–water partition coefficient (Wildman–Crippen LogP) is 1.57. The average molecular weight is 346 g/mol. The number of nitrogens with zero attached hydrogens (tertiary/aromatic N) is 2. The van der Waals surface area contributed by atoms with Crippen LogP contribution in [0.4, 0.5) is 0 Å². The number of hydrogen-bond acceptors (Lipinski definition) is 4. The van der Waals surface area contributed by atoms with Crippen molar-refractivity contribution < 1.29 is 19.4 Å². The van der Waals surface area contributed by atoms with Gasteiger partial charge in [-0.25, -0.2) is 0 Å². The third-order valence-corrected chi connectivity index (χ3v) is 5.46. The molecule has 6 nitrogen and oxygen atoms in total. The lowest BCUT2D eigenvalue weighted by molar-refractivity contribution is -0.142. The maximum atomic E-state index is 12.6. The first kappa shape index (κ1) is 17.7. The number of rotatable bonds is 6. The van der Waals surface area contributed by atoms with Crippen LogP contribution in [0, 0.1) is 17.3 Å². The van der Waals surface area contributed by atoms with Gasteiger partial charge < -0.3 is 14.7 Å². The molecule has 136 valence electrons. The maximum Gasteiger partial charge on any atom is 0.307 e. The zero-order valence-corrected chi connectivity index (χ0v) is 14.9. The van der Waals surface area contributed by atoms with E-state index in [1.807, 2.05) is 49.1 Å². The molecule has 1 N–H and O–H groups in total. The van der Waals surface area contributed by atoms with Gasteiger partial charge in [-0.1, -0.05) is 32.0 Å². The van der Waals surface area contributed by atoms with Crippen molar-refractivity contribution in [3.8, 4) is 5.75 Å². The number of aliphatic carboxylic acids is 1. The molecule has 1 aliphatic heterocycles. The van der Waals surface area contributed by atoms with Crippen molar-refractivity contribution in [2.75, 3.05) is 39.3 Å². The van der Waals surface area contributed by atoms with Crippen molar-refractivity contribution in [1.29, 1.82) is 0 Å². The molecule has 2 atom stereocenters. The van der Waals surface area contributed by atoms with Crippen molar-refractivity contribution in [2.24, 2.45) is 17.3 Å². The predicted molar refractivity (Wildman–Crippen MR) is 93.4 cm³/mol. The number of carbonyl (C=O) groups is 2. The zero-order chi connectivity index (χ0) is 18.0. The molecule has 2 fully saturated rings. The number of para-hydroxylation sites is 1. The van der Waals surface area contributed by atoms with Crippen LogP contribution in [0.3, 0.4) is 0 Å². The van der Waals surface area contributed by atoms with Crippen molar-refractivity contribution in [3.05, 3.63) is 30.3 Å². The second-order valence-corrected chi connectivity index (χ2v) is 7.44. The topological polar surface area (TPSA) is 70.1 Å². The van der Waals surface area contributed by atoms with Crippen LogP contribution < -0.4 is 4.74 Å². The molecule has 1 aliphatic carbocycles. The largest absolute Gasteiger partial charge is 0.492 e. The van der Waals surface area contributed by atoms with Gasteiger partial charge in [-0.2, -0.15) is 0 Å². The Labute approximate surface area is 148 Å². The van der Waals surface area contributed by atoms with Gasteiger partial charge in [-0.15, -0.1) is 0 Å². The van der Waals surface area contributed by atoms with Gasteiger partial charge in [-0.05, 0) is 17.5 Å². The van der Waals surface area contributed by atoms with E-state index in [0.717, 1.165) is 25.4 Å². The SMILES string of the molecule is CC1(C)[C@H](C(=O)O)[C@H]1C(=O)N1CCN(CCOc2ccccc2)CC1. The summed E-state index contributed by atoms with van der Waals surface area (Å²) in [6.45, 7) is 8.09. The Morgan fingerprint density at radius 2 is 1.76 bits per heavy atom. The molecule has 6 heteroatoms. The van der Waals surface area contributed by atoms with E-state index < -0.39 is 17.3 Å². The molecule has 1 aromatic carbocycles. The summed E-state index contributed by atoms with van der Waals surface area (Å²) in [5.74, 6) is -0.917. The standard InChI is InChI=1S/C19H26N2O4/c1-19(2)15(16(19)18(23)24)17(22)21-10-8-20(9-11-21)12-13-25-14-6-4-3-5-7-14/h3-7,15-16H,8-13H2,1-2H3,(H,23,24)/t15-,16-/m0/s1. The normalized spacial score (nSPS) is 25.4. The van der Waals surface area contributed by atoms with Gasteiger partial charge in [0.2, 0.25) is 5.91 Å². The molecule has 1 heterocycles. The Balaban J connectivity index is 1.41. The van der Waals surface area contributed by atoms with Crippen LogP contribution in [0.5, 0.6) is 5.75 Å². The van der Waals surface area contributed by atoms with Crippen LogP contribution in [-0.4, -0.2) is 66.1 Å². The number of carbonyl (C=O) groups excluding carboxylic acids is 1. The first-order valence-corrected chi connectivity index (χ1v) is 8.83. The van der Waals surface area contributed by atoms with Crippen LogP contribution in [0.1, 0.15) is 13.8 Å². The van der Waals surface area contributed by atoms with Gasteiger partial charge >= 0.3 is 5.97 Å². The van der Waals surface area contributed by atoms with E-state index in [9.17, 15) is 14.7 Å². The molecule has 0 spiro atoms. The second-order valence-electron chi connectivity index (χ2n) is 7.44. The van der Waals surface area contributed by atoms with Crippen LogP contribution >= 0.6 is 0 Å². The van der Waals surface area contributed by atoms with E-state index in [2.05, 4.69) is 4.90 Å². The molecule has 0 unspecified atom stereocenters. The third-order valence-electron chi connectivity index (χ3n) is 5.46. The van der Waals surface area contributed by atoms with E-state index in [1.165, 1.54) is 0 Å². The molecule has 2 aliphatic rings. The fourth-order valence-corrected chi connectivity index (χ4v) is 3.76. The Hall–Kier alpha value is -2.08. The van der Waals surface area contributed by atoms with E-state index in [1.54, 1.807) is 0 Å². The fraction of sp³-hybridized carbons (Fsp3) is 0.579. The fourth-order valence-electron chi connectivity index (χ4n) is 3.76. The summed E-state index contributed by atoms with van der Waals surface area (Å²) >= 11 is 0. The molecule has 0 bridgehead atoms. The van der Waals surface area contributed by atoms with E-state index >= 15 is 0 Å². The van der Waals surface area contributed by atoms with E-state index in [-0.39, 0.29) is 11.8 Å². The van der Waals surface area contributed by atoms with E-state index in [0.29, 0.717) is 19.7 Å². The minimum atomic E-state index is -0.861. The number of hydrogen-bond donors (Lipinski definition) is 1. The molecular formula is C19H26N2O4. The highest BCUT2D eigenvalue weighted by molar-refractivity contribution is 5.91. The summed E-state index contributed by atoms with van der Waals surface area (Å²) in [5.41, 5.74) is -0.427. The van der Waals surface area contributed by atoms with Gasteiger partial charge in [0.1, 0.15) is 12.4 Å². The lowest BCUT2D eigenvalue weighted by Gasteiger charge is -2.35. The number of piperazine rings is 1. The smallest absolute Gasteiger partial charge is 0.307 e. The number of ether oxygens (including phenoxy) is 1. The monoisotopic (exact) mass is 346 g/mol. The maximum absolute atomic E-state index is 12.6. The van der Waals surface area contributed by atoms with Crippen molar-refractivity contribution in [2.45, 2.75) is 13.8 Å². The Morgan fingerprint density at radius 3 is 2.32 bits per heavy atom. The number of carboxylic acid groups (broad SMARTS) is 1. The second kappa shape index (κ2) is 7.04. The van der Waals surface area contributed by atoms with Gasteiger partial charge in [0.05, 0.1) is 11.8 Å². The zero-order valence-electron chi connectivity index (χ0n) is 14.9. The summed E-state index contributed by atoms with van der Waals surface area (Å²) in [5, 5.41) is 9.25. The minimum absolute atomic E-state index is 0.00224. The first-order valence-electron chi connectivity index (χ1n) is 8.83. The van der Waals surface area contributed by atoms with Crippen molar-refractivity contribution >= 4 is 11.9 Å². The highest BCUT2D eigenvalue weighted by Gasteiger charge is 2.66. The van der Waals surface area contributed by atoms with Gasteiger partial charge in [-0.3, -0.25) is 14.5 Å². The van der Waals surface area contributed by atoms with Gasteiger partial charge in [0.15, 0.2) is 0 Å². The average Bonchev–Trinajstić information content (AvgIpc) is 3.18. The quantitative estimate of drug-likeness (QED) is 0.847. The molecule has 25 heavy (non-hydrogen) atoms. The van der Waals surface area contributed by atoms with Gasteiger partial charge in [0, 0.05) is 32.7 Å². The van der Waals surface area contributed by atoms with Gasteiger partial charge in [0.25, 0.3) is 0 Å². The Kier molecular flexibility index (Phi) is 4.99. The van der Waals surface area contributed by atoms with Crippen LogP contribution in [0.2, 0.25) is 0 Å². The number of benzene rings is 1. The highest BCUT2D eigenvalue weighted by atomic mass is 16.5. The molecule has 3 rings (SSSR count). The van der Waals surface area contributed by atoms with Crippen LogP contribution in [0.25, 0.3) is 0 Å². The summed E-state index contributed by atoms with van der Waals surface area (Å²) in [6.07, 6.45) is 0. The summed E-state index contributed by atoms with van der Waals surface area (Å²) < 4.78 is 5.71. The highest BCUT2D eigenvalue weighted by Crippen LogP contribution is 2.59. The molecule has 1 saturated heterocycles. The summed E-state index contributed by atoms with van der Waals surface area (Å²) in [4.78, 5) is 28.0. The lowest BCUT2D eigenvalue weighted by Crippen LogP contribution is -2.50. The van der Waals surface area contributed by atoms with Crippen molar-refractivity contribution in [3.63, 3.8) is 0 Å². The van der Waals surface area contributed by atoms with E-state index in [4.69, 9.17) is 4.74 Å². The van der Waals surface area contributed by atoms with Crippen LogP contribution in [-0.2, 0) is 9.59 Å². The minimum Gasteiger partial charge on any atom is -0.492 e. The van der Waals surface area contributed by atoms with Crippen LogP contribution in [0.15, 0.2) is 30.3 Å². The summed E-state index contributed by atoms with van der Waals surface area (Å²) in [7, 11) is 0. The molecule has 1 amide bonds. The molecule has 0 radical (unpaired) electrons. The summed E-state index contributed by atoms with van der Waals surface area (Å²) in [6, 6.07) is 9.73. The molecular weight excluding hydrogens is 320 g/mol. The first-order chi connectivity index (χ1) is 11.9. The number of carboxylic acids is 1.